The van der Waals surface area contributed by atoms with Crippen LogP contribution in [-0.4, -0.2) is 47.4 Å². The molecule has 1 heterocycles. The van der Waals surface area contributed by atoms with Gasteiger partial charge >= 0.3 is 12.0 Å². The van der Waals surface area contributed by atoms with E-state index in [1.54, 1.807) is 18.2 Å². The van der Waals surface area contributed by atoms with Crippen molar-refractivity contribution in [2.24, 2.45) is 5.92 Å². The first-order valence-electron chi connectivity index (χ1n) is 9.58. The Morgan fingerprint density at radius 1 is 1.34 bits per heavy atom. The van der Waals surface area contributed by atoms with Crippen molar-refractivity contribution in [3.63, 3.8) is 0 Å². The number of hydrogen-bond acceptors (Lipinski definition) is 5. The summed E-state index contributed by atoms with van der Waals surface area (Å²) in [5.74, 6) is -1.81. The zero-order chi connectivity index (χ0) is 21.2. The van der Waals surface area contributed by atoms with Crippen molar-refractivity contribution >= 4 is 41.1 Å². The minimum atomic E-state index is -0.935. The zero-order valence-electron chi connectivity index (χ0n) is 16.4. The Morgan fingerprint density at radius 3 is 2.79 bits per heavy atom. The maximum Gasteiger partial charge on any atom is 0.326 e. The molecule has 1 aromatic rings. The van der Waals surface area contributed by atoms with Crippen molar-refractivity contribution in [2.45, 2.75) is 45.1 Å². The van der Waals surface area contributed by atoms with Gasteiger partial charge in [0.1, 0.15) is 12.1 Å². The fraction of sp³-hybridized carbons (Fsp3) is 0.500. The summed E-state index contributed by atoms with van der Waals surface area (Å²) in [5, 5.41) is 5.69. The van der Waals surface area contributed by atoms with Crippen LogP contribution in [0.3, 0.4) is 0 Å². The lowest BCUT2D eigenvalue weighted by atomic mass is 9.73. The molecule has 1 aliphatic carbocycles. The fourth-order valence-electron chi connectivity index (χ4n) is 3.87. The summed E-state index contributed by atoms with van der Waals surface area (Å²) in [5.41, 5.74) is 0.411. The summed E-state index contributed by atoms with van der Waals surface area (Å²) in [6.45, 7) is 2.72. The highest BCUT2D eigenvalue weighted by Crippen LogP contribution is 2.38. The van der Waals surface area contributed by atoms with Gasteiger partial charge in [-0.25, -0.2) is 4.79 Å². The van der Waals surface area contributed by atoms with Gasteiger partial charge in [0.05, 0.1) is 10.7 Å². The van der Waals surface area contributed by atoms with Gasteiger partial charge < -0.3 is 15.4 Å². The van der Waals surface area contributed by atoms with Crippen LogP contribution in [0.2, 0.25) is 5.02 Å². The van der Waals surface area contributed by atoms with Gasteiger partial charge in [0, 0.05) is 0 Å². The van der Waals surface area contributed by atoms with Crippen molar-refractivity contribution in [3.05, 3.63) is 28.8 Å². The Morgan fingerprint density at radius 2 is 2.10 bits per heavy atom. The summed E-state index contributed by atoms with van der Waals surface area (Å²) in [6.07, 6.45) is 3.25. The van der Waals surface area contributed by atoms with Crippen LogP contribution in [0.25, 0.3) is 0 Å². The Balaban J connectivity index is 1.53. The van der Waals surface area contributed by atoms with Crippen LogP contribution in [0.4, 0.5) is 10.5 Å². The van der Waals surface area contributed by atoms with E-state index in [4.69, 9.17) is 16.3 Å². The molecular formula is C20H24ClN3O5. The second kappa shape index (κ2) is 8.41. The molecule has 4 amide bonds. The van der Waals surface area contributed by atoms with Gasteiger partial charge in [0.2, 0.25) is 0 Å². The Hall–Kier alpha value is -2.61. The molecular weight excluding hydrogens is 398 g/mol. The molecule has 3 rings (SSSR count). The fourth-order valence-corrected chi connectivity index (χ4v) is 4.15. The lowest BCUT2D eigenvalue weighted by Crippen LogP contribution is -2.54. The van der Waals surface area contributed by atoms with Crippen LogP contribution in [0, 0.1) is 12.8 Å². The molecule has 9 heteroatoms. The third-order valence-corrected chi connectivity index (χ3v) is 5.86. The molecule has 29 heavy (non-hydrogen) atoms. The van der Waals surface area contributed by atoms with E-state index in [1.807, 2.05) is 13.8 Å². The third-order valence-electron chi connectivity index (χ3n) is 5.55. The molecule has 0 unspecified atom stereocenters. The van der Waals surface area contributed by atoms with Crippen LogP contribution in [0.1, 0.15) is 38.2 Å². The summed E-state index contributed by atoms with van der Waals surface area (Å²) in [4.78, 5) is 50.1. The van der Waals surface area contributed by atoms with E-state index in [1.165, 1.54) is 0 Å². The quantitative estimate of drug-likeness (QED) is 0.561. The summed E-state index contributed by atoms with van der Waals surface area (Å²) in [7, 11) is 0. The number of esters is 1. The molecule has 1 aromatic carbocycles. The van der Waals surface area contributed by atoms with Gasteiger partial charge in [-0.1, -0.05) is 37.4 Å². The highest BCUT2D eigenvalue weighted by molar-refractivity contribution is 6.33. The van der Waals surface area contributed by atoms with Crippen LogP contribution in [0.5, 0.6) is 0 Å². The zero-order valence-corrected chi connectivity index (χ0v) is 17.2. The monoisotopic (exact) mass is 421 g/mol. The standard InChI is InChI=1S/C20H24ClN3O5/c1-12-6-7-15(14(21)9-12)22-16(25)11-29-17(26)10-24-18(27)20(23-19(24)28)8-4-3-5-13(20)2/h6-7,9,13H,3-5,8,10-11H2,1-2H3,(H,22,25)(H,23,28)/t13-,20-/m1/s1. The molecule has 156 valence electrons. The molecule has 2 aliphatic rings. The predicted octanol–water partition coefficient (Wildman–Crippen LogP) is 2.63. The lowest BCUT2D eigenvalue weighted by Gasteiger charge is -2.36. The van der Waals surface area contributed by atoms with Gasteiger partial charge in [0.15, 0.2) is 6.61 Å². The first kappa shape index (κ1) is 21.1. The minimum absolute atomic E-state index is 0.00115. The van der Waals surface area contributed by atoms with Gasteiger partial charge in [-0.3, -0.25) is 19.3 Å². The van der Waals surface area contributed by atoms with Crippen molar-refractivity contribution in [1.82, 2.24) is 10.2 Å². The molecule has 1 saturated heterocycles. The lowest BCUT2D eigenvalue weighted by molar-refractivity contribution is -0.150. The van der Waals surface area contributed by atoms with Crippen LogP contribution in [-0.2, 0) is 19.1 Å². The summed E-state index contributed by atoms with van der Waals surface area (Å²) < 4.78 is 4.93. The average Bonchev–Trinajstić information content (AvgIpc) is 2.90. The maximum atomic E-state index is 12.8. The molecule has 0 radical (unpaired) electrons. The number of urea groups is 1. The Labute approximate surface area is 173 Å². The molecule has 0 aromatic heterocycles. The van der Waals surface area contributed by atoms with E-state index in [9.17, 15) is 19.2 Å². The highest BCUT2D eigenvalue weighted by Gasteiger charge is 2.55. The van der Waals surface area contributed by atoms with Crippen molar-refractivity contribution in [3.8, 4) is 0 Å². The number of benzene rings is 1. The van der Waals surface area contributed by atoms with E-state index in [0.29, 0.717) is 17.1 Å². The first-order chi connectivity index (χ1) is 13.7. The highest BCUT2D eigenvalue weighted by atomic mass is 35.5. The van der Waals surface area contributed by atoms with Crippen LogP contribution >= 0.6 is 11.6 Å². The molecule has 2 fully saturated rings. The van der Waals surface area contributed by atoms with E-state index in [2.05, 4.69) is 10.6 Å². The van der Waals surface area contributed by atoms with Gasteiger partial charge in [-0.2, -0.15) is 0 Å². The van der Waals surface area contributed by atoms with Gasteiger partial charge in [-0.05, 0) is 43.4 Å². The number of imide groups is 1. The normalized spacial score (nSPS) is 23.8. The number of nitrogens with zero attached hydrogens (tertiary/aromatic N) is 1. The second-order valence-corrected chi connectivity index (χ2v) is 8.04. The number of halogens is 1. The van der Waals surface area contributed by atoms with Crippen LogP contribution in [0.15, 0.2) is 18.2 Å². The number of hydrogen-bond donors (Lipinski definition) is 2. The van der Waals surface area contributed by atoms with Crippen molar-refractivity contribution in [2.75, 3.05) is 18.5 Å². The predicted molar refractivity (Wildman–Crippen MR) is 106 cm³/mol. The maximum absolute atomic E-state index is 12.8. The molecule has 1 aliphatic heterocycles. The largest absolute Gasteiger partial charge is 0.454 e. The number of carbonyl (C=O) groups is 4. The van der Waals surface area contributed by atoms with Gasteiger partial charge in [-0.15, -0.1) is 0 Å². The van der Waals surface area contributed by atoms with Crippen molar-refractivity contribution < 1.29 is 23.9 Å². The average molecular weight is 422 g/mol. The van der Waals surface area contributed by atoms with E-state index in [-0.39, 0.29) is 5.92 Å². The number of anilines is 1. The number of amides is 4. The summed E-state index contributed by atoms with van der Waals surface area (Å²) in [6, 6.07) is 4.53. The molecule has 2 N–H and O–H groups in total. The van der Waals surface area contributed by atoms with Crippen molar-refractivity contribution in [1.29, 1.82) is 0 Å². The van der Waals surface area contributed by atoms with E-state index < -0.39 is 42.5 Å². The number of carbonyl (C=O) groups excluding carboxylic acids is 4. The number of rotatable bonds is 5. The smallest absolute Gasteiger partial charge is 0.326 e. The van der Waals surface area contributed by atoms with E-state index >= 15 is 0 Å². The van der Waals surface area contributed by atoms with Gasteiger partial charge in [0.25, 0.3) is 11.8 Å². The summed E-state index contributed by atoms with van der Waals surface area (Å²) >= 11 is 6.05. The Kier molecular flexibility index (Phi) is 6.12. The Bertz CT molecular complexity index is 859. The molecule has 2 atom stereocenters. The number of ether oxygens (including phenoxy) is 1. The third kappa shape index (κ3) is 4.37. The van der Waals surface area contributed by atoms with Crippen LogP contribution < -0.4 is 10.6 Å². The molecule has 1 spiro atoms. The first-order valence-corrected chi connectivity index (χ1v) is 9.96. The van der Waals surface area contributed by atoms with E-state index in [0.717, 1.165) is 29.7 Å². The molecule has 8 nitrogen and oxygen atoms in total. The molecule has 0 bridgehead atoms. The molecule has 1 saturated carbocycles. The number of aryl methyl sites for hydroxylation is 1. The SMILES string of the molecule is Cc1ccc(NC(=O)COC(=O)CN2C(=O)N[C@@]3(CCCC[C@H]3C)C2=O)c(Cl)c1. The number of nitrogens with one attached hydrogen (secondary N) is 2. The minimum Gasteiger partial charge on any atom is -0.454 e. The topological polar surface area (TPSA) is 105 Å². The second-order valence-electron chi connectivity index (χ2n) is 7.63.